The number of anilines is 1. The predicted octanol–water partition coefficient (Wildman–Crippen LogP) is -0.375. The smallest absolute Gasteiger partial charge is 0.473 e. The molecule has 166 valence electrons. The van der Waals surface area contributed by atoms with Crippen LogP contribution in [0, 0.1) is 11.3 Å². The summed E-state index contributed by atoms with van der Waals surface area (Å²) in [6.45, 7) is 1.72. The second-order valence-corrected chi connectivity index (χ2v) is 7.65. The first-order valence-electron chi connectivity index (χ1n) is 10.4. The maximum absolute atomic E-state index is 12.7. The first-order chi connectivity index (χ1) is 15.4. The number of nitriles is 1. The van der Waals surface area contributed by atoms with E-state index in [4.69, 9.17) is 16.7 Å². The van der Waals surface area contributed by atoms with Gasteiger partial charge in [-0.05, 0) is 50.1 Å². The molecule has 5 N–H and O–H groups in total. The molecule has 1 aromatic carbocycles. The number of nitrogens with zero attached hydrogens (tertiary/aromatic N) is 5. The molecule has 10 heteroatoms. The van der Waals surface area contributed by atoms with Crippen molar-refractivity contribution >= 4 is 23.2 Å². The molecule has 0 bridgehead atoms. The van der Waals surface area contributed by atoms with Crippen molar-refractivity contribution in [1.29, 1.82) is 5.26 Å². The summed E-state index contributed by atoms with van der Waals surface area (Å²) in [6.07, 6.45) is 10.1. The Morgan fingerprint density at radius 2 is 2.03 bits per heavy atom. The van der Waals surface area contributed by atoms with Crippen LogP contribution < -0.4 is 52.0 Å². The molecule has 0 aliphatic heterocycles. The van der Waals surface area contributed by atoms with Crippen molar-refractivity contribution in [1.82, 2.24) is 14.1 Å². The number of aromatic nitrogens is 3. The second-order valence-electron chi connectivity index (χ2n) is 7.65. The van der Waals surface area contributed by atoms with Crippen LogP contribution >= 0.6 is 0 Å². The van der Waals surface area contributed by atoms with Crippen LogP contribution in [0.3, 0.4) is 0 Å². The number of allylic oxidation sites excluding steroid dienone is 1. The second kappa shape index (κ2) is 12.3. The zero-order valence-electron chi connectivity index (χ0n) is 19.2. The van der Waals surface area contributed by atoms with Crippen molar-refractivity contribution in [2.45, 2.75) is 38.6 Å². The summed E-state index contributed by atoms with van der Waals surface area (Å²) in [5.41, 5.74) is 13.1. The Labute approximate surface area is 215 Å². The van der Waals surface area contributed by atoms with Gasteiger partial charge in [-0.2, -0.15) is 5.26 Å². The topological polar surface area (TPSA) is 140 Å². The summed E-state index contributed by atoms with van der Waals surface area (Å²) in [4.78, 5) is 20.5. The number of imidazole rings is 1. The molecule has 2 aromatic heterocycles. The number of nitrogens with two attached hydrogens (primary N) is 2. The summed E-state index contributed by atoms with van der Waals surface area (Å²) in [7, 11) is 1.71. The van der Waals surface area contributed by atoms with Gasteiger partial charge >= 0.3 is 35.2 Å². The quantitative estimate of drug-likeness (QED) is 0.161. The van der Waals surface area contributed by atoms with E-state index in [2.05, 4.69) is 27.7 Å². The molecule has 4 rings (SSSR count). The van der Waals surface area contributed by atoms with Crippen molar-refractivity contribution in [2.75, 3.05) is 5.32 Å². The number of hydrogen-bond acceptors (Lipinski definition) is 6. The summed E-state index contributed by atoms with van der Waals surface area (Å²) in [5, 5.41) is 12.5. The first kappa shape index (κ1) is 26.2. The van der Waals surface area contributed by atoms with Crippen molar-refractivity contribution in [3.63, 3.8) is 0 Å². The van der Waals surface area contributed by atoms with Crippen LogP contribution in [0.25, 0.3) is 16.7 Å². The number of pyridine rings is 1. The third-order valence-electron chi connectivity index (χ3n) is 5.24. The Morgan fingerprint density at radius 3 is 2.58 bits per heavy atom. The van der Waals surface area contributed by atoms with Gasteiger partial charge < -0.3 is 21.8 Å². The van der Waals surface area contributed by atoms with Gasteiger partial charge in [-0.1, -0.05) is 24.9 Å². The van der Waals surface area contributed by atoms with E-state index in [9.17, 15) is 4.79 Å². The van der Waals surface area contributed by atoms with Gasteiger partial charge in [0.1, 0.15) is 5.82 Å². The SMILES string of the molecule is C/C(N)=C/N=[C-]N.Cn1c(=O)n(-c2ccc(NC3CCCC3)nc2)c2ccc(C#N)cc21.[Na+]. The Bertz CT molecular complexity index is 1220. The van der Waals surface area contributed by atoms with Crippen LogP contribution in [0.5, 0.6) is 0 Å². The van der Waals surface area contributed by atoms with Crippen LogP contribution in [0.4, 0.5) is 5.82 Å². The average Bonchev–Trinajstić information content (AvgIpc) is 3.40. The third kappa shape index (κ3) is 6.48. The molecule has 1 saturated carbocycles. The van der Waals surface area contributed by atoms with Gasteiger partial charge in [-0.3, -0.25) is 9.13 Å². The molecule has 0 saturated heterocycles. The molecule has 0 atom stereocenters. The van der Waals surface area contributed by atoms with Crippen molar-refractivity contribution in [3.05, 3.63) is 64.5 Å². The van der Waals surface area contributed by atoms with E-state index in [1.165, 1.54) is 31.9 Å². The van der Waals surface area contributed by atoms with Crippen molar-refractivity contribution in [2.24, 2.45) is 23.5 Å². The van der Waals surface area contributed by atoms with E-state index in [1.807, 2.05) is 12.1 Å². The Morgan fingerprint density at radius 1 is 1.30 bits per heavy atom. The van der Waals surface area contributed by atoms with Crippen LogP contribution in [0.1, 0.15) is 38.2 Å². The summed E-state index contributed by atoms with van der Waals surface area (Å²) < 4.78 is 3.18. The molecule has 0 radical (unpaired) electrons. The number of aryl methyl sites for hydroxylation is 1. The molecular weight excluding hydrogens is 427 g/mol. The number of benzene rings is 1. The number of aliphatic imine (C=N–C) groups is 1. The van der Waals surface area contributed by atoms with E-state index in [1.54, 1.807) is 47.5 Å². The van der Waals surface area contributed by atoms with Crippen molar-refractivity contribution in [3.8, 4) is 11.8 Å². The molecule has 1 aliphatic carbocycles. The fraction of sp³-hybridized carbons (Fsp3) is 0.304. The normalized spacial score (nSPS) is 13.9. The summed E-state index contributed by atoms with van der Waals surface area (Å²) in [5.74, 6) is 0.843. The molecule has 9 nitrogen and oxygen atoms in total. The summed E-state index contributed by atoms with van der Waals surface area (Å²) in [6, 6.07) is 11.7. The minimum absolute atomic E-state index is 0. The largest absolute Gasteiger partial charge is 1.00 e. The van der Waals surface area contributed by atoms with Gasteiger partial charge in [0.05, 0.1) is 34.6 Å². The van der Waals surface area contributed by atoms with E-state index in [0.29, 0.717) is 17.3 Å². The fourth-order valence-corrected chi connectivity index (χ4v) is 3.68. The molecule has 0 amide bonds. The van der Waals surface area contributed by atoms with Gasteiger partial charge in [-0.25, -0.2) is 9.78 Å². The van der Waals surface area contributed by atoms with Gasteiger partial charge in [0, 0.05) is 13.1 Å². The molecule has 3 aromatic rings. The van der Waals surface area contributed by atoms with Crippen LogP contribution in [0.2, 0.25) is 0 Å². The molecule has 1 aliphatic rings. The van der Waals surface area contributed by atoms with Gasteiger partial charge in [-0.15, -0.1) is 6.20 Å². The number of rotatable bonds is 4. The van der Waals surface area contributed by atoms with E-state index in [0.717, 1.165) is 22.5 Å². The predicted molar refractivity (Wildman–Crippen MR) is 126 cm³/mol. The summed E-state index contributed by atoms with van der Waals surface area (Å²) >= 11 is 0. The molecule has 0 spiro atoms. The standard InChI is InChI=1S/C19H19N5O.C4H8N3.Na/c1-23-17-10-13(11-20)6-8-16(17)24(19(23)25)15-7-9-18(21-12-15)22-14-4-2-3-5-14;1-4(6)2-7-3-5;/h6-10,12,14H,2-5H2,1H3,(H,21,22);2H,6H2,1H3,(H2,5,7);/q;-1;+1/b;4-2-;. The maximum atomic E-state index is 12.7. The van der Waals surface area contributed by atoms with Crippen LogP contribution in [-0.4, -0.2) is 26.5 Å². The molecular formula is C23H27N8NaO. The number of hydrogen-bond donors (Lipinski definition) is 3. The number of nitrogens with one attached hydrogen (secondary N) is 1. The Kier molecular flexibility index (Phi) is 9.73. The molecule has 1 fully saturated rings. The average molecular weight is 455 g/mol. The minimum atomic E-state index is -0.150. The van der Waals surface area contributed by atoms with Gasteiger partial charge in [0.15, 0.2) is 0 Å². The van der Waals surface area contributed by atoms with E-state index in [-0.39, 0.29) is 35.2 Å². The van der Waals surface area contributed by atoms with Crippen LogP contribution in [0.15, 0.2) is 58.2 Å². The molecule has 2 heterocycles. The first-order valence-corrected chi connectivity index (χ1v) is 10.4. The Balaban J connectivity index is 0.000000423. The molecule has 33 heavy (non-hydrogen) atoms. The zero-order valence-corrected chi connectivity index (χ0v) is 21.2. The number of fused-ring (bicyclic) bond motifs is 1. The monoisotopic (exact) mass is 454 g/mol. The third-order valence-corrected chi connectivity index (χ3v) is 5.24. The van der Waals surface area contributed by atoms with E-state index < -0.39 is 0 Å². The van der Waals surface area contributed by atoms with Gasteiger partial charge in [0.25, 0.3) is 0 Å². The van der Waals surface area contributed by atoms with Crippen molar-refractivity contribution < 1.29 is 29.6 Å². The Hall–Kier alpha value is -3.06. The zero-order chi connectivity index (χ0) is 23.1. The van der Waals surface area contributed by atoms with E-state index >= 15 is 0 Å². The maximum Gasteiger partial charge on any atom is 1.00 e. The molecule has 0 unspecified atom stereocenters. The minimum Gasteiger partial charge on any atom is -0.473 e. The fourth-order valence-electron chi connectivity index (χ4n) is 3.68. The van der Waals surface area contributed by atoms with Gasteiger partial charge in [0.2, 0.25) is 0 Å². The van der Waals surface area contributed by atoms with Crippen LogP contribution in [-0.2, 0) is 7.05 Å².